The predicted molar refractivity (Wildman–Crippen MR) is 105 cm³/mol. The Labute approximate surface area is 161 Å². The highest BCUT2D eigenvalue weighted by Gasteiger charge is 2.35. The highest BCUT2D eigenvalue weighted by molar-refractivity contribution is 5.79. The van der Waals surface area contributed by atoms with Crippen molar-refractivity contribution in [2.24, 2.45) is 5.73 Å². The molecular weight excluding hydrogens is 354 g/mol. The summed E-state index contributed by atoms with van der Waals surface area (Å²) in [6.07, 6.45) is 2.43. The van der Waals surface area contributed by atoms with Crippen LogP contribution in [0.3, 0.4) is 0 Å². The Morgan fingerprint density at radius 1 is 1.14 bits per heavy atom. The van der Waals surface area contributed by atoms with Crippen LogP contribution >= 0.6 is 0 Å². The normalized spacial score (nSPS) is 22.2. The van der Waals surface area contributed by atoms with E-state index in [1.807, 2.05) is 43.3 Å². The molecule has 8 heteroatoms. The maximum Gasteiger partial charge on any atom is 0.185 e. The summed E-state index contributed by atoms with van der Waals surface area (Å²) in [6, 6.07) is 11.7. The molecule has 5 rings (SSSR count). The molecule has 3 aromatic heterocycles. The lowest BCUT2D eigenvalue weighted by Gasteiger charge is -2.11. The Morgan fingerprint density at radius 2 is 2.00 bits per heavy atom. The molecule has 0 radical (unpaired) electrons. The molecule has 1 aliphatic carbocycles. The molecule has 142 valence electrons. The highest BCUT2D eigenvalue weighted by atomic mass is 16.3. The molecule has 4 N–H and O–H groups in total. The number of benzene rings is 1. The molecule has 3 heterocycles. The van der Waals surface area contributed by atoms with Gasteiger partial charge in [-0.1, -0.05) is 18.2 Å². The lowest BCUT2D eigenvalue weighted by Crippen LogP contribution is -2.28. The van der Waals surface area contributed by atoms with Crippen molar-refractivity contribution in [1.29, 1.82) is 0 Å². The van der Waals surface area contributed by atoms with Crippen molar-refractivity contribution in [1.82, 2.24) is 29.9 Å². The number of hydrogen-bond acceptors (Lipinski definition) is 6. The first kappa shape index (κ1) is 17.0. The van der Waals surface area contributed by atoms with Crippen LogP contribution in [0, 0.1) is 6.92 Å². The number of pyridine rings is 1. The molecule has 3 atom stereocenters. The van der Waals surface area contributed by atoms with Crippen molar-refractivity contribution in [3.05, 3.63) is 54.1 Å². The zero-order valence-corrected chi connectivity index (χ0v) is 15.4. The molecule has 8 nitrogen and oxygen atoms in total. The van der Waals surface area contributed by atoms with Crippen LogP contribution in [0.25, 0.3) is 28.1 Å². The number of aliphatic hydroxyl groups is 1. The summed E-state index contributed by atoms with van der Waals surface area (Å²) in [5.41, 5.74) is 8.70. The summed E-state index contributed by atoms with van der Waals surface area (Å²) in [6.45, 7) is 1.94. The van der Waals surface area contributed by atoms with E-state index >= 15 is 0 Å². The van der Waals surface area contributed by atoms with Crippen LogP contribution in [0.1, 0.15) is 30.3 Å². The van der Waals surface area contributed by atoms with Gasteiger partial charge >= 0.3 is 0 Å². The van der Waals surface area contributed by atoms with Gasteiger partial charge in [-0.25, -0.2) is 9.97 Å². The molecule has 1 aromatic carbocycles. The van der Waals surface area contributed by atoms with E-state index in [1.54, 1.807) is 10.9 Å². The quantitative estimate of drug-likeness (QED) is 0.504. The summed E-state index contributed by atoms with van der Waals surface area (Å²) in [7, 11) is 0. The fourth-order valence-corrected chi connectivity index (χ4v) is 3.88. The van der Waals surface area contributed by atoms with Crippen LogP contribution in [0.15, 0.2) is 42.6 Å². The predicted octanol–water partition coefficient (Wildman–Crippen LogP) is 2.08. The molecule has 0 bridgehead atoms. The molecule has 1 fully saturated rings. The number of aliphatic hydroxyl groups excluding tert-OH is 1. The summed E-state index contributed by atoms with van der Waals surface area (Å²) >= 11 is 0. The number of aromatic amines is 1. The number of hydrogen-bond donors (Lipinski definition) is 3. The molecule has 0 spiro atoms. The average molecular weight is 375 g/mol. The summed E-state index contributed by atoms with van der Waals surface area (Å²) < 4.78 is 1.78. The molecule has 4 aromatic rings. The van der Waals surface area contributed by atoms with Gasteiger partial charge in [0.15, 0.2) is 11.6 Å². The number of H-pyrrole nitrogens is 1. The maximum absolute atomic E-state index is 10.2. The van der Waals surface area contributed by atoms with Crippen LogP contribution in [-0.4, -0.2) is 47.2 Å². The Morgan fingerprint density at radius 3 is 2.75 bits per heavy atom. The Balaban J connectivity index is 1.66. The topological polar surface area (TPSA) is 119 Å². The third kappa shape index (κ3) is 2.78. The average Bonchev–Trinajstić information content (AvgIpc) is 3.40. The number of nitrogens with zero attached hydrogens (tertiary/aromatic N) is 5. The smallest absolute Gasteiger partial charge is 0.185 e. The van der Waals surface area contributed by atoms with Crippen molar-refractivity contribution in [3.8, 4) is 17.2 Å². The van der Waals surface area contributed by atoms with Crippen molar-refractivity contribution < 1.29 is 5.11 Å². The number of rotatable bonds is 3. The van der Waals surface area contributed by atoms with Crippen molar-refractivity contribution >= 4 is 10.9 Å². The van der Waals surface area contributed by atoms with Crippen LogP contribution in [-0.2, 0) is 0 Å². The number of nitrogens with one attached hydrogen (secondary N) is 1. The second kappa shape index (κ2) is 6.50. The largest absolute Gasteiger partial charge is 0.391 e. The fourth-order valence-electron chi connectivity index (χ4n) is 3.88. The summed E-state index contributed by atoms with van der Waals surface area (Å²) in [5.74, 6) is 2.08. The highest BCUT2D eigenvalue weighted by Crippen LogP contribution is 2.35. The fraction of sp³-hybridized carbons (Fsp3) is 0.300. The van der Waals surface area contributed by atoms with E-state index in [4.69, 9.17) is 20.8 Å². The van der Waals surface area contributed by atoms with E-state index in [2.05, 4.69) is 10.2 Å². The molecule has 0 aliphatic heterocycles. The second-order valence-corrected chi connectivity index (χ2v) is 7.38. The van der Waals surface area contributed by atoms with Gasteiger partial charge in [0.2, 0.25) is 0 Å². The number of fused-ring (bicyclic) bond motifs is 1. The molecular formula is C20H21N7O. The number of aromatic nitrogens is 6. The summed E-state index contributed by atoms with van der Waals surface area (Å²) in [4.78, 5) is 9.58. The first-order chi connectivity index (χ1) is 13.6. The van der Waals surface area contributed by atoms with Gasteiger partial charge in [-0.15, -0.1) is 5.10 Å². The minimum atomic E-state index is -0.529. The van der Waals surface area contributed by atoms with Gasteiger partial charge in [0.1, 0.15) is 5.82 Å². The van der Waals surface area contributed by atoms with Crippen molar-refractivity contribution in [2.45, 2.75) is 37.8 Å². The van der Waals surface area contributed by atoms with Gasteiger partial charge in [-0.05, 0) is 38.0 Å². The van der Waals surface area contributed by atoms with E-state index in [1.165, 1.54) is 0 Å². The number of para-hydroxylation sites is 1. The molecule has 0 unspecified atom stereocenters. The van der Waals surface area contributed by atoms with E-state index in [-0.39, 0.29) is 12.0 Å². The molecule has 0 amide bonds. The Hall–Kier alpha value is -3.10. The standard InChI is InChI=1S/C20H21N7O/c1-11-14(10-22-25-11)19-24-20(13-8-15(21)17(28)9-13)27(26-19)18-7-6-12-4-2-3-5-16(12)23-18/h2-7,10,13,15,17,28H,8-9,21H2,1H3,(H,22,25)/t13-,15-,17-/m0/s1. The Kier molecular flexibility index (Phi) is 3.96. The minimum Gasteiger partial charge on any atom is -0.391 e. The Bertz CT molecular complexity index is 1140. The number of nitrogens with two attached hydrogens (primary N) is 1. The van der Waals surface area contributed by atoms with Gasteiger partial charge < -0.3 is 10.8 Å². The lowest BCUT2D eigenvalue weighted by atomic mass is 10.1. The van der Waals surface area contributed by atoms with Crippen molar-refractivity contribution in [3.63, 3.8) is 0 Å². The first-order valence-electron chi connectivity index (χ1n) is 9.37. The van der Waals surface area contributed by atoms with Crippen LogP contribution in [0.5, 0.6) is 0 Å². The van der Waals surface area contributed by atoms with E-state index in [9.17, 15) is 5.11 Å². The van der Waals surface area contributed by atoms with Gasteiger partial charge in [-0.2, -0.15) is 9.78 Å². The zero-order chi connectivity index (χ0) is 19.3. The van der Waals surface area contributed by atoms with Gasteiger partial charge in [0.05, 0.1) is 23.4 Å². The van der Waals surface area contributed by atoms with Crippen LogP contribution in [0.4, 0.5) is 0 Å². The first-order valence-corrected chi connectivity index (χ1v) is 9.37. The lowest BCUT2D eigenvalue weighted by molar-refractivity contribution is 0.163. The maximum atomic E-state index is 10.2. The van der Waals surface area contributed by atoms with Gasteiger partial charge in [0, 0.05) is 23.0 Å². The zero-order valence-electron chi connectivity index (χ0n) is 15.4. The van der Waals surface area contributed by atoms with E-state index in [0.717, 1.165) is 28.0 Å². The third-order valence-electron chi connectivity index (χ3n) is 5.45. The van der Waals surface area contributed by atoms with Gasteiger partial charge in [-0.3, -0.25) is 5.10 Å². The molecule has 1 aliphatic rings. The van der Waals surface area contributed by atoms with Gasteiger partial charge in [0.25, 0.3) is 0 Å². The van der Waals surface area contributed by atoms with E-state index in [0.29, 0.717) is 24.5 Å². The van der Waals surface area contributed by atoms with Crippen LogP contribution in [0.2, 0.25) is 0 Å². The molecule has 28 heavy (non-hydrogen) atoms. The second-order valence-electron chi connectivity index (χ2n) is 7.38. The molecule has 1 saturated carbocycles. The van der Waals surface area contributed by atoms with E-state index < -0.39 is 6.10 Å². The monoisotopic (exact) mass is 375 g/mol. The van der Waals surface area contributed by atoms with Crippen molar-refractivity contribution in [2.75, 3.05) is 0 Å². The number of aryl methyl sites for hydroxylation is 1. The molecule has 0 saturated heterocycles. The summed E-state index contributed by atoms with van der Waals surface area (Å²) in [5, 5.41) is 23.0. The SMILES string of the molecule is Cc1[nH]ncc1-c1nc([C@H]2C[C@H](N)[C@@H](O)C2)n(-c2ccc3ccccc3n2)n1. The third-order valence-corrected chi connectivity index (χ3v) is 5.45. The van der Waals surface area contributed by atoms with Crippen LogP contribution < -0.4 is 5.73 Å². The minimum absolute atomic E-state index is 0.0201.